The molecular weight excluding hydrogens is 326 g/mol. The van der Waals surface area contributed by atoms with E-state index in [1.165, 1.54) is 12.1 Å². The highest BCUT2D eigenvalue weighted by Crippen LogP contribution is 2.20. The molecule has 9 nitrogen and oxygen atoms in total. The van der Waals surface area contributed by atoms with Gasteiger partial charge in [-0.25, -0.2) is 18.2 Å². The molecule has 3 rings (SSSR count). The van der Waals surface area contributed by atoms with Crippen LogP contribution >= 0.6 is 12.2 Å². The minimum absolute atomic E-state index is 0.0330. The molecule has 0 unspecified atom stereocenters. The monoisotopic (exact) mass is 337 g/mol. The van der Waals surface area contributed by atoms with E-state index in [1.54, 1.807) is 16.8 Å². The Hall–Kier alpha value is -2.37. The first-order valence-electron chi connectivity index (χ1n) is 6.07. The number of benzene rings is 1. The first-order valence-corrected chi connectivity index (χ1v) is 8.02. The Bertz CT molecular complexity index is 982. The van der Waals surface area contributed by atoms with E-state index in [1.807, 2.05) is 6.92 Å². The summed E-state index contributed by atoms with van der Waals surface area (Å²) < 4.78 is 24.4. The predicted octanol–water partition coefficient (Wildman–Crippen LogP) is 0.671. The maximum Gasteiger partial charge on any atom is 0.238 e. The highest BCUT2D eigenvalue weighted by atomic mass is 32.2. The molecule has 2 heterocycles. The van der Waals surface area contributed by atoms with Gasteiger partial charge in [-0.3, -0.25) is 10.2 Å². The summed E-state index contributed by atoms with van der Waals surface area (Å²) in [6, 6.07) is 6.01. The number of aromatic amines is 2. The Morgan fingerprint density at radius 1 is 1.23 bits per heavy atom. The molecule has 114 valence electrons. The maximum absolute atomic E-state index is 11.3. The minimum Gasteiger partial charge on any atom is -0.280 e. The van der Waals surface area contributed by atoms with E-state index < -0.39 is 10.0 Å². The third kappa shape index (κ3) is 2.56. The summed E-state index contributed by atoms with van der Waals surface area (Å²) in [6.45, 7) is 1.81. The van der Waals surface area contributed by atoms with Crippen LogP contribution in [0.4, 0.5) is 0 Å². The molecule has 0 spiro atoms. The largest absolute Gasteiger partial charge is 0.280 e. The van der Waals surface area contributed by atoms with Crippen LogP contribution < -0.4 is 5.14 Å². The third-order valence-corrected chi connectivity index (χ3v) is 4.15. The van der Waals surface area contributed by atoms with E-state index in [4.69, 9.17) is 17.4 Å². The molecule has 22 heavy (non-hydrogen) atoms. The van der Waals surface area contributed by atoms with Crippen molar-refractivity contribution in [3.63, 3.8) is 0 Å². The van der Waals surface area contributed by atoms with Gasteiger partial charge in [0.1, 0.15) is 0 Å². The Balaban J connectivity index is 2.03. The molecule has 0 aliphatic rings. The van der Waals surface area contributed by atoms with Crippen molar-refractivity contribution in [1.82, 2.24) is 30.2 Å². The Morgan fingerprint density at radius 3 is 2.45 bits per heavy atom. The van der Waals surface area contributed by atoms with Crippen molar-refractivity contribution >= 4 is 22.2 Å². The number of aromatic nitrogens is 6. The fraction of sp³-hybridized carbons (Fsp3) is 0.0909. The molecule has 0 bridgehead atoms. The van der Waals surface area contributed by atoms with Crippen molar-refractivity contribution in [2.24, 2.45) is 5.14 Å². The SMILES string of the molecule is Cc1c(-c2nc(=S)[nH][nH]2)nnn1-c1ccc(S(N)(=O)=O)cc1. The van der Waals surface area contributed by atoms with Crippen molar-refractivity contribution in [2.75, 3.05) is 0 Å². The van der Waals surface area contributed by atoms with Crippen LogP contribution in [-0.4, -0.2) is 38.6 Å². The first-order chi connectivity index (χ1) is 10.4. The highest BCUT2D eigenvalue weighted by Gasteiger charge is 2.15. The highest BCUT2D eigenvalue weighted by molar-refractivity contribution is 7.89. The number of nitrogens with zero attached hydrogens (tertiary/aromatic N) is 4. The van der Waals surface area contributed by atoms with Crippen LogP contribution in [0.25, 0.3) is 17.2 Å². The second-order valence-electron chi connectivity index (χ2n) is 4.49. The van der Waals surface area contributed by atoms with E-state index in [0.717, 1.165) is 5.69 Å². The van der Waals surface area contributed by atoms with Gasteiger partial charge in [0.05, 0.1) is 16.3 Å². The van der Waals surface area contributed by atoms with Crippen LogP contribution in [0.15, 0.2) is 29.2 Å². The number of H-pyrrole nitrogens is 2. The molecule has 4 N–H and O–H groups in total. The molecule has 0 saturated carbocycles. The van der Waals surface area contributed by atoms with Gasteiger partial charge in [-0.1, -0.05) is 5.21 Å². The summed E-state index contributed by atoms with van der Waals surface area (Å²) in [5.41, 5.74) is 1.92. The maximum atomic E-state index is 11.3. The molecule has 0 aliphatic carbocycles. The van der Waals surface area contributed by atoms with Crippen LogP contribution in [0.1, 0.15) is 5.69 Å². The summed E-state index contributed by atoms with van der Waals surface area (Å²) >= 11 is 4.90. The normalized spacial score (nSPS) is 11.7. The Kier molecular flexibility index (Phi) is 3.39. The van der Waals surface area contributed by atoms with Crippen LogP contribution in [0.3, 0.4) is 0 Å². The van der Waals surface area contributed by atoms with Crippen molar-refractivity contribution in [3.8, 4) is 17.2 Å². The summed E-state index contributed by atoms with van der Waals surface area (Å²) in [5.74, 6) is 0.481. The minimum atomic E-state index is -3.72. The predicted molar refractivity (Wildman–Crippen MR) is 80.2 cm³/mol. The van der Waals surface area contributed by atoms with Crippen molar-refractivity contribution in [1.29, 1.82) is 0 Å². The molecule has 1 aromatic carbocycles. The topological polar surface area (TPSA) is 135 Å². The second kappa shape index (κ2) is 5.12. The van der Waals surface area contributed by atoms with Crippen LogP contribution in [0.2, 0.25) is 0 Å². The van der Waals surface area contributed by atoms with Crippen molar-refractivity contribution in [2.45, 2.75) is 11.8 Å². The standard InChI is InChI=1S/C11H11N7O2S2/c1-6-9(10-13-11(21)16-15-10)14-17-18(6)7-2-4-8(5-3-7)22(12,19)20/h2-5H,1H3,(H2,12,19,20)(H2,13,15,16,21). The van der Waals surface area contributed by atoms with Gasteiger partial charge in [-0.2, -0.15) is 4.98 Å². The van der Waals surface area contributed by atoms with Gasteiger partial charge in [0.25, 0.3) is 0 Å². The molecule has 0 aliphatic heterocycles. The number of rotatable bonds is 3. The molecule has 0 atom stereocenters. The smallest absolute Gasteiger partial charge is 0.238 e. The van der Waals surface area contributed by atoms with Crippen LogP contribution in [-0.2, 0) is 10.0 Å². The summed E-state index contributed by atoms with van der Waals surface area (Å²) in [6.07, 6.45) is 0. The number of primary sulfonamides is 1. The fourth-order valence-corrected chi connectivity index (χ4v) is 2.61. The molecule has 2 aromatic heterocycles. The lowest BCUT2D eigenvalue weighted by molar-refractivity contribution is 0.598. The molecule has 11 heteroatoms. The average Bonchev–Trinajstić information content (AvgIpc) is 3.04. The van der Waals surface area contributed by atoms with E-state index >= 15 is 0 Å². The molecule has 0 radical (unpaired) electrons. The summed E-state index contributed by atoms with van der Waals surface area (Å²) in [5, 5.41) is 18.7. The van der Waals surface area contributed by atoms with Gasteiger partial charge < -0.3 is 0 Å². The zero-order chi connectivity index (χ0) is 15.9. The third-order valence-electron chi connectivity index (χ3n) is 3.03. The number of sulfonamides is 1. The lowest BCUT2D eigenvalue weighted by Gasteiger charge is -2.04. The number of nitrogens with two attached hydrogens (primary N) is 1. The van der Waals surface area contributed by atoms with Gasteiger partial charge >= 0.3 is 0 Å². The van der Waals surface area contributed by atoms with Gasteiger partial charge in [0.2, 0.25) is 14.8 Å². The van der Waals surface area contributed by atoms with Gasteiger partial charge in [-0.15, -0.1) is 5.10 Å². The lowest BCUT2D eigenvalue weighted by atomic mass is 10.3. The van der Waals surface area contributed by atoms with E-state index in [9.17, 15) is 8.42 Å². The fourth-order valence-electron chi connectivity index (χ4n) is 1.95. The van der Waals surface area contributed by atoms with E-state index in [2.05, 4.69) is 25.5 Å². The average molecular weight is 337 g/mol. The van der Waals surface area contributed by atoms with Crippen molar-refractivity contribution < 1.29 is 8.42 Å². The van der Waals surface area contributed by atoms with Crippen LogP contribution in [0.5, 0.6) is 0 Å². The van der Waals surface area contributed by atoms with E-state index in [-0.39, 0.29) is 4.90 Å². The Morgan fingerprint density at radius 2 is 1.91 bits per heavy atom. The summed E-state index contributed by atoms with van der Waals surface area (Å²) in [4.78, 5) is 4.12. The quantitative estimate of drug-likeness (QED) is 0.601. The van der Waals surface area contributed by atoms with Crippen molar-refractivity contribution in [3.05, 3.63) is 34.7 Å². The number of hydrogen-bond donors (Lipinski definition) is 3. The summed E-state index contributed by atoms with van der Waals surface area (Å²) in [7, 11) is -3.72. The van der Waals surface area contributed by atoms with Gasteiger partial charge in [0.15, 0.2) is 11.5 Å². The van der Waals surface area contributed by atoms with E-state index in [0.29, 0.717) is 22.0 Å². The molecule has 0 fully saturated rings. The molecule has 0 saturated heterocycles. The molecule has 0 amide bonds. The first kappa shape index (κ1) is 14.6. The second-order valence-corrected chi connectivity index (χ2v) is 6.44. The molecule has 3 aromatic rings. The number of hydrogen-bond acceptors (Lipinski definition) is 6. The number of nitrogens with one attached hydrogen (secondary N) is 2. The van der Waals surface area contributed by atoms with Crippen LogP contribution in [0, 0.1) is 11.7 Å². The lowest BCUT2D eigenvalue weighted by Crippen LogP contribution is -2.12. The van der Waals surface area contributed by atoms with Gasteiger partial charge in [-0.05, 0) is 43.4 Å². The zero-order valence-corrected chi connectivity index (χ0v) is 12.9. The van der Waals surface area contributed by atoms with Gasteiger partial charge in [0, 0.05) is 0 Å². The molecular formula is C11H11N7O2S2. The Labute approximate surface area is 130 Å². The zero-order valence-electron chi connectivity index (χ0n) is 11.3.